The predicted molar refractivity (Wildman–Crippen MR) is 56.3 cm³/mol. The van der Waals surface area contributed by atoms with Crippen molar-refractivity contribution < 1.29 is 26.3 Å². The van der Waals surface area contributed by atoms with Crippen molar-refractivity contribution in [3.05, 3.63) is 23.4 Å². The van der Waals surface area contributed by atoms with E-state index in [2.05, 4.69) is 17.5 Å². The topological polar surface area (TPSA) is 38.0 Å². The van der Waals surface area contributed by atoms with Crippen LogP contribution in [0.5, 0.6) is 0 Å². The quantitative estimate of drug-likeness (QED) is 0.576. The van der Waals surface area contributed by atoms with Gasteiger partial charge in [-0.25, -0.2) is 0 Å². The normalized spacial score (nSPS) is 21.1. The molecule has 0 heterocycles. The van der Waals surface area contributed by atoms with Gasteiger partial charge in [-0.15, -0.1) is 0 Å². The first-order chi connectivity index (χ1) is 8.00. The van der Waals surface area contributed by atoms with Gasteiger partial charge in [0.15, 0.2) is 5.11 Å². The van der Waals surface area contributed by atoms with E-state index in [0.717, 1.165) is 0 Å². The maximum Gasteiger partial charge on any atom is 0.412 e. The van der Waals surface area contributed by atoms with Crippen molar-refractivity contribution in [2.24, 2.45) is 11.7 Å². The van der Waals surface area contributed by atoms with Gasteiger partial charge in [0, 0.05) is 11.3 Å². The van der Waals surface area contributed by atoms with Crippen LogP contribution in [0.15, 0.2) is 23.4 Å². The fraction of sp³-hybridized carbons (Fsp3) is 0.444. The smallest absolute Gasteiger partial charge is 0.376 e. The van der Waals surface area contributed by atoms with E-state index < -0.39 is 41.1 Å². The van der Waals surface area contributed by atoms with Crippen molar-refractivity contribution in [3.8, 4) is 0 Å². The lowest BCUT2D eigenvalue weighted by Gasteiger charge is -2.25. The molecule has 0 spiro atoms. The number of nitrogens with two attached hydrogens (primary N) is 1. The van der Waals surface area contributed by atoms with Gasteiger partial charge in [0.1, 0.15) is 0 Å². The summed E-state index contributed by atoms with van der Waals surface area (Å²) in [6.45, 7) is 0. The molecule has 2 nitrogen and oxygen atoms in total. The Morgan fingerprint density at radius 3 is 2.22 bits per heavy atom. The zero-order chi connectivity index (χ0) is 14.1. The zero-order valence-electron chi connectivity index (χ0n) is 8.69. The summed E-state index contributed by atoms with van der Waals surface area (Å²) < 4.78 is 74.8. The standard InChI is InChI=1S/C9H8F6N2S/c10-8(11,12)4-1-5(9(13,14)15)3-6(2-4)17-7(16)18/h2-4H,1H2,(H3,16,17,18). The van der Waals surface area contributed by atoms with Crippen LogP contribution < -0.4 is 11.1 Å². The number of alkyl halides is 6. The van der Waals surface area contributed by atoms with E-state index in [1.807, 2.05) is 0 Å². The van der Waals surface area contributed by atoms with E-state index >= 15 is 0 Å². The second-order valence-electron chi connectivity index (χ2n) is 3.63. The molecule has 0 aromatic rings. The average molecular weight is 290 g/mol. The number of hydrogen-bond donors (Lipinski definition) is 2. The summed E-state index contributed by atoms with van der Waals surface area (Å²) in [7, 11) is 0. The number of nitrogens with one attached hydrogen (secondary N) is 1. The first kappa shape index (κ1) is 14.8. The van der Waals surface area contributed by atoms with Crippen LogP contribution in [0.1, 0.15) is 6.42 Å². The molecule has 18 heavy (non-hydrogen) atoms. The number of thiocarbonyl (C=S) groups is 1. The highest BCUT2D eigenvalue weighted by atomic mass is 32.1. The minimum Gasteiger partial charge on any atom is -0.376 e. The Balaban J connectivity index is 3.08. The van der Waals surface area contributed by atoms with E-state index in [1.165, 1.54) is 0 Å². The summed E-state index contributed by atoms with van der Waals surface area (Å²) in [5.74, 6) is -2.21. The van der Waals surface area contributed by atoms with Crippen LogP contribution in [-0.4, -0.2) is 17.5 Å². The Morgan fingerprint density at radius 1 is 1.28 bits per heavy atom. The molecule has 102 valence electrons. The average Bonchev–Trinajstić information content (AvgIpc) is 2.13. The van der Waals surface area contributed by atoms with E-state index in [9.17, 15) is 26.3 Å². The van der Waals surface area contributed by atoms with Gasteiger partial charge in [-0.2, -0.15) is 26.3 Å². The number of allylic oxidation sites excluding steroid dienone is 3. The monoisotopic (exact) mass is 290 g/mol. The molecule has 1 unspecified atom stereocenters. The highest BCUT2D eigenvalue weighted by molar-refractivity contribution is 7.80. The Bertz CT molecular complexity index is 406. The van der Waals surface area contributed by atoms with Gasteiger partial charge in [-0.05, 0) is 30.8 Å². The van der Waals surface area contributed by atoms with Crippen LogP contribution in [0, 0.1) is 5.92 Å². The first-order valence-corrected chi connectivity index (χ1v) is 5.03. The fourth-order valence-electron chi connectivity index (χ4n) is 1.44. The molecule has 1 atom stereocenters. The number of halogens is 6. The molecular weight excluding hydrogens is 282 g/mol. The molecule has 0 bridgehead atoms. The Labute approximate surface area is 104 Å². The molecule has 0 aromatic heterocycles. The van der Waals surface area contributed by atoms with Gasteiger partial charge in [0.05, 0.1) is 5.92 Å². The lowest BCUT2D eigenvalue weighted by molar-refractivity contribution is -0.166. The molecule has 0 amide bonds. The molecular formula is C9H8F6N2S. The SMILES string of the molecule is NC(=S)NC1=CC(C(F)(F)F)CC(C(F)(F)F)=C1. The second-order valence-corrected chi connectivity index (χ2v) is 4.07. The van der Waals surface area contributed by atoms with Crippen molar-refractivity contribution >= 4 is 17.3 Å². The van der Waals surface area contributed by atoms with Gasteiger partial charge in [-0.3, -0.25) is 0 Å². The maximum atomic E-state index is 12.5. The molecule has 1 rings (SSSR count). The molecule has 0 aliphatic heterocycles. The lowest BCUT2D eigenvalue weighted by Crippen LogP contribution is -2.33. The maximum absolute atomic E-state index is 12.5. The van der Waals surface area contributed by atoms with Crippen LogP contribution in [0.4, 0.5) is 26.3 Å². The van der Waals surface area contributed by atoms with Crippen molar-refractivity contribution in [1.29, 1.82) is 0 Å². The molecule has 0 aromatic carbocycles. The van der Waals surface area contributed by atoms with Crippen LogP contribution >= 0.6 is 12.2 Å². The first-order valence-electron chi connectivity index (χ1n) is 4.63. The highest BCUT2D eigenvalue weighted by Gasteiger charge is 2.45. The summed E-state index contributed by atoms with van der Waals surface area (Å²) in [6.07, 6.45) is -9.51. The molecule has 0 radical (unpaired) electrons. The van der Waals surface area contributed by atoms with Crippen molar-refractivity contribution in [2.45, 2.75) is 18.8 Å². The molecule has 3 N–H and O–H groups in total. The Morgan fingerprint density at radius 2 is 1.83 bits per heavy atom. The van der Waals surface area contributed by atoms with Gasteiger partial charge in [0.25, 0.3) is 0 Å². The third-order valence-electron chi connectivity index (χ3n) is 2.20. The van der Waals surface area contributed by atoms with Gasteiger partial charge < -0.3 is 11.1 Å². The molecule has 0 fully saturated rings. The van der Waals surface area contributed by atoms with E-state index in [4.69, 9.17) is 5.73 Å². The summed E-state index contributed by atoms with van der Waals surface area (Å²) in [5, 5.41) is 1.68. The summed E-state index contributed by atoms with van der Waals surface area (Å²) in [4.78, 5) is 0. The van der Waals surface area contributed by atoms with Crippen molar-refractivity contribution in [2.75, 3.05) is 0 Å². The largest absolute Gasteiger partial charge is 0.412 e. The van der Waals surface area contributed by atoms with Gasteiger partial charge in [0.2, 0.25) is 0 Å². The Kier molecular flexibility index (Phi) is 3.94. The number of hydrogen-bond acceptors (Lipinski definition) is 1. The van der Waals surface area contributed by atoms with Crippen molar-refractivity contribution in [1.82, 2.24) is 5.32 Å². The molecule has 0 saturated heterocycles. The van der Waals surface area contributed by atoms with E-state index in [1.54, 1.807) is 0 Å². The van der Waals surface area contributed by atoms with Crippen molar-refractivity contribution in [3.63, 3.8) is 0 Å². The highest BCUT2D eigenvalue weighted by Crippen LogP contribution is 2.41. The minimum atomic E-state index is -4.82. The third-order valence-corrected chi connectivity index (χ3v) is 2.30. The molecule has 0 saturated carbocycles. The number of rotatable bonds is 1. The second kappa shape index (κ2) is 4.79. The fourth-order valence-corrected chi connectivity index (χ4v) is 1.55. The minimum absolute atomic E-state index is 0.400. The van der Waals surface area contributed by atoms with Crippen LogP contribution in [0.3, 0.4) is 0 Å². The predicted octanol–water partition coefficient (Wildman–Crippen LogP) is 2.77. The molecule has 1 aliphatic rings. The summed E-state index contributed by atoms with van der Waals surface area (Å²) >= 11 is 4.37. The van der Waals surface area contributed by atoms with Crippen LogP contribution in [-0.2, 0) is 0 Å². The Hall–Kier alpha value is -1.25. The zero-order valence-corrected chi connectivity index (χ0v) is 9.51. The third kappa shape index (κ3) is 3.90. The molecule has 9 heteroatoms. The van der Waals surface area contributed by atoms with E-state index in [-0.39, 0.29) is 0 Å². The summed E-state index contributed by atoms with van der Waals surface area (Å²) in [6, 6.07) is 0. The lowest BCUT2D eigenvalue weighted by atomic mass is 9.92. The van der Waals surface area contributed by atoms with Gasteiger partial charge >= 0.3 is 12.4 Å². The molecule has 1 aliphatic carbocycles. The van der Waals surface area contributed by atoms with Gasteiger partial charge in [-0.1, -0.05) is 0 Å². The van der Waals surface area contributed by atoms with E-state index in [0.29, 0.717) is 12.2 Å². The van der Waals surface area contributed by atoms with Crippen LogP contribution in [0.2, 0.25) is 0 Å². The summed E-state index contributed by atoms with van der Waals surface area (Å²) in [5.41, 5.74) is 3.35. The van der Waals surface area contributed by atoms with Crippen LogP contribution in [0.25, 0.3) is 0 Å².